The van der Waals surface area contributed by atoms with Gasteiger partial charge in [0.25, 0.3) is 0 Å². The number of hydrogen-bond acceptors (Lipinski definition) is 6. The molecule has 4 aromatic rings. The van der Waals surface area contributed by atoms with Crippen molar-refractivity contribution in [2.45, 2.75) is 11.4 Å². The predicted octanol–water partition coefficient (Wildman–Crippen LogP) is 2.19. The molecule has 8 nitrogen and oxygen atoms in total. The van der Waals surface area contributed by atoms with Crippen LogP contribution in [0.1, 0.15) is 5.56 Å². The smallest absolute Gasteiger partial charge is 0.364 e. The van der Waals surface area contributed by atoms with Gasteiger partial charge in [-0.2, -0.15) is 4.31 Å². The van der Waals surface area contributed by atoms with Gasteiger partial charge >= 0.3 is 5.63 Å². The lowest BCUT2D eigenvalue weighted by Crippen LogP contribution is -2.48. The van der Waals surface area contributed by atoms with Gasteiger partial charge in [-0.3, -0.25) is 4.90 Å². The number of piperazine rings is 1. The van der Waals surface area contributed by atoms with E-state index >= 15 is 0 Å². The minimum atomic E-state index is -3.67. The van der Waals surface area contributed by atoms with Crippen molar-refractivity contribution in [2.24, 2.45) is 7.05 Å². The van der Waals surface area contributed by atoms with Crippen molar-refractivity contribution in [2.75, 3.05) is 26.2 Å². The maximum atomic E-state index is 13.3. The maximum absolute atomic E-state index is 13.3. The van der Waals surface area contributed by atoms with Crippen molar-refractivity contribution in [1.29, 1.82) is 0 Å². The molecule has 2 aromatic heterocycles. The summed E-state index contributed by atoms with van der Waals surface area (Å²) in [6.45, 7) is 3.00. The van der Waals surface area contributed by atoms with Crippen molar-refractivity contribution in [3.05, 3.63) is 70.8 Å². The third-order valence-electron chi connectivity index (χ3n) is 5.76. The quantitative estimate of drug-likeness (QED) is 0.454. The van der Waals surface area contributed by atoms with Gasteiger partial charge in [0.2, 0.25) is 10.0 Å². The lowest BCUT2D eigenvalue weighted by atomic mass is 10.2. The van der Waals surface area contributed by atoms with E-state index in [1.807, 2.05) is 18.2 Å². The molecule has 0 aliphatic carbocycles. The fraction of sp³-hybridized carbons (Fsp3) is 0.273. The minimum Gasteiger partial charge on any atom is -0.421 e. The molecule has 0 bridgehead atoms. The van der Waals surface area contributed by atoms with Gasteiger partial charge in [0.1, 0.15) is 5.58 Å². The number of fused-ring (bicyclic) bond motifs is 3. The van der Waals surface area contributed by atoms with Crippen LogP contribution in [0.2, 0.25) is 0 Å². The first-order chi connectivity index (χ1) is 14.9. The van der Waals surface area contributed by atoms with E-state index in [4.69, 9.17) is 4.42 Å². The van der Waals surface area contributed by atoms with E-state index in [0.717, 1.165) is 6.54 Å². The number of rotatable bonds is 4. The number of benzene rings is 2. The minimum absolute atomic E-state index is 0.188. The Morgan fingerprint density at radius 3 is 2.52 bits per heavy atom. The van der Waals surface area contributed by atoms with Crippen LogP contribution in [0.3, 0.4) is 0 Å². The highest BCUT2D eigenvalue weighted by atomic mass is 32.2. The van der Waals surface area contributed by atoms with E-state index < -0.39 is 15.6 Å². The Hall–Kier alpha value is -3.01. The summed E-state index contributed by atoms with van der Waals surface area (Å²) in [4.78, 5) is 18.7. The molecule has 1 aliphatic rings. The Balaban J connectivity index is 1.42. The first-order valence-corrected chi connectivity index (χ1v) is 11.5. The average Bonchev–Trinajstić information content (AvgIpc) is 3.17. The molecule has 0 unspecified atom stereocenters. The van der Waals surface area contributed by atoms with Gasteiger partial charge in [0.15, 0.2) is 5.52 Å². The molecule has 0 spiro atoms. The van der Waals surface area contributed by atoms with Crippen molar-refractivity contribution in [1.82, 2.24) is 18.8 Å². The molecule has 3 heterocycles. The van der Waals surface area contributed by atoms with Crippen LogP contribution >= 0.6 is 0 Å². The van der Waals surface area contributed by atoms with Crippen molar-refractivity contribution in [3.8, 4) is 0 Å². The molecule has 1 aliphatic heterocycles. The number of hydrogen-bond donors (Lipinski definition) is 0. The van der Waals surface area contributed by atoms with E-state index in [2.05, 4.69) is 22.0 Å². The monoisotopic (exact) mass is 438 g/mol. The molecule has 31 heavy (non-hydrogen) atoms. The van der Waals surface area contributed by atoms with Crippen LogP contribution in [0.4, 0.5) is 0 Å². The molecule has 0 amide bonds. The lowest BCUT2D eigenvalue weighted by Gasteiger charge is -2.34. The highest BCUT2D eigenvalue weighted by Crippen LogP contribution is 2.27. The molecular formula is C22H22N4O4S. The predicted molar refractivity (Wildman–Crippen MR) is 117 cm³/mol. The number of aromatic nitrogens is 2. The van der Waals surface area contributed by atoms with E-state index in [0.29, 0.717) is 42.7 Å². The van der Waals surface area contributed by atoms with Gasteiger partial charge in [0.05, 0.1) is 16.7 Å². The Kier molecular flexibility index (Phi) is 4.88. The van der Waals surface area contributed by atoms with Crippen LogP contribution in [0.15, 0.2) is 69.0 Å². The standard InChI is InChI=1S/C22H22N4O4S/c1-24-15-23-20-21(24)18-13-17(7-8-19(18)30-22(20)27)31(28,29)26-11-9-25(10-12-26)14-16-5-3-2-4-6-16/h2-8,13,15H,9-12,14H2,1H3. The van der Waals surface area contributed by atoms with Crippen LogP contribution in [0, 0.1) is 0 Å². The third-order valence-corrected chi connectivity index (χ3v) is 7.65. The van der Waals surface area contributed by atoms with Gasteiger partial charge < -0.3 is 8.98 Å². The molecule has 0 atom stereocenters. The zero-order chi connectivity index (χ0) is 21.6. The molecular weight excluding hydrogens is 416 g/mol. The van der Waals surface area contributed by atoms with E-state index in [-0.39, 0.29) is 10.4 Å². The summed E-state index contributed by atoms with van der Waals surface area (Å²) < 4.78 is 35.2. The largest absolute Gasteiger partial charge is 0.421 e. The Morgan fingerprint density at radius 2 is 1.77 bits per heavy atom. The fourth-order valence-electron chi connectivity index (χ4n) is 4.11. The number of nitrogens with zero attached hydrogens (tertiary/aromatic N) is 4. The van der Waals surface area contributed by atoms with Crippen molar-refractivity contribution >= 4 is 32.0 Å². The first-order valence-electron chi connectivity index (χ1n) is 10.1. The van der Waals surface area contributed by atoms with Crippen LogP contribution < -0.4 is 5.63 Å². The second-order valence-electron chi connectivity index (χ2n) is 7.77. The van der Waals surface area contributed by atoms with Crippen LogP contribution in [0.25, 0.3) is 22.0 Å². The Bertz CT molecular complexity index is 1420. The number of aryl methyl sites for hydroxylation is 1. The number of imidazole rings is 1. The summed E-state index contributed by atoms with van der Waals surface area (Å²) in [6.07, 6.45) is 1.52. The lowest BCUT2D eigenvalue weighted by molar-refractivity contribution is 0.181. The summed E-state index contributed by atoms with van der Waals surface area (Å²) in [7, 11) is -1.90. The van der Waals surface area contributed by atoms with E-state index in [1.54, 1.807) is 23.7 Å². The fourth-order valence-corrected chi connectivity index (χ4v) is 5.56. The Morgan fingerprint density at radius 1 is 1.03 bits per heavy atom. The second kappa shape index (κ2) is 7.60. The van der Waals surface area contributed by atoms with Crippen molar-refractivity contribution in [3.63, 3.8) is 0 Å². The molecule has 0 N–H and O–H groups in total. The average molecular weight is 439 g/mol. The normalized spacial score (nSPS) is 16.3. The Labute approximate surface area is 179 Å². The van der Waals surface area contributed by atoms with E-state index in [9.17, 15) is 13.2 Å². The van der Waals surface area contributed by atoms with Gasteiger partial charge in [-0.05, 0) is 23.8 Å². The van der Waals surface area contributed by atoms with E-state index in [1.165, 1.54) is 22.3 Å². The SMILES string of the molecule is Cn1cnc2c(=O)oc3ccc(S(=O)(=O)N4CCN(Cc5ccccc5)CC4)cc3c21. The van der Waals surface area contributed by atoms with Gasteiger partial charge in [-0.25, -0.2) is 18.2 Å². The van der Waals surface area contributed by atoms with Gasteiger partial charge in [0, 0.05) is 45.2 Å². The molecule has 1 saturated heterocycles. The van der Waals surface area contributed by atoms with Gasteiger partial charge in [-0.1, -0.05) is 30.3 Å². The molecule has 160 valence electrons. The summed E-state index contributed by atoms with van der Waals surface area (Å²) in [5.41, 5.74) is 1.78. The highest BCUT2D eigenvalue weighted by Gasteiger charge is 2.29. The topological polar surface area (TPSA) is 88.6 Å². The molecule has 5 rings (SSSR count). The zero-order valence-corrected chi connectivity index (χ0v) is 17.9. The summed E-state index contributed by atoms with van der Waals surface area (Å²) in [6, 6.07) is 14.8. The van der Waals surface area contributed by atoms with Crippen LogP contribution in [-0.4, -0.2) is 53.4 Å². The second-order valence-corrected chi connectivity index (χ2v) is 9.70. The first kappa shape index (κ1) is 19.9. The summed E-state index contributed by atoms with van der Waals surface area (Å²) in [5.74, 6) is 0. The molecule has 9 heteroatoms. The highest BCUT2D eigenvalue weighted by molar-refractivity contribution is 7.89. The maximum Gasteiger partial charge on any atom is 0.364 e. The molecule has 1 fully saturated rings. The van der Waals surface area contributed by atoms with Crippen molar-refractivity contribution < 1.29 is 12.8 Å². The zero-order valence-electron chi connectivity index (χ0n) is 17.1. The summed E-state index contributed by atoms with van der Waals surface area (Å²) in [5, 5.41) is 0.554. The van der Waals surface area contributed by atoms with Gasteiger partial charge in [-0.15, -0.1) is 0 Å². The molecule has 0 saturated carbocycles. The number of sulfonamides is 1. The van der Waals surface area contributed by atoms with Crippen LogP contribution in [0.5, 0.6) is 0 Å². The summed E-state index contributed by atoms with van der Waals surface area (Å²) >= 11 is 0. The molecule has 2 aromatic carbocycles. The van der Waals surface area contributed by atoms with Crippen LogP contribution in [-0.2, 0) is 23.6 Å². The molecule has 0 radical (unpaired) electrons. The third kappa shape index (κ3) is 3.54.